The van der Waals surface area contributed by atoms with Crippen LogP contribution in [0.1, 0.15) is 94.3 Å². The Morgan fingerprint density at radius 3 is 1.97 bits per heavy atom. The Morgan fingerprint density at radius 1 is 0.867 bits per heavy atom. The molecule has 30 heavy (non-hydrogen) atoms. The second-order valence-corrected chi connectivity index (χ2v) is 8.70. The summed E-state index contributed by atoms with van der Waals surface area (Å²) in [5, 5.41) is 21.5. The van der Waals surface area contributed by atoms with Crippen molar-refractivity contribution in [3.05, 3.63) is 45.5 Å². The lowest BCUT2D eigenvalue weighted by Gasteiger charge is -2.31. The van der Waals surface area contributed by atoms with Crippen molar-refractivity contribution in [2.75, 3.05) is 11.5 Å². The first kappa shape index (κ1) is 20.3. The molecule has 0 bridgehead atoms. The number of hydrogen-bond acceptors (Lipinski definition) is 6. The molecular weight excluding hydrogens is 380 g/mol. The zero-order chi connectivity index (χ0) is 21.7. The van der Waals surface area contributed by atoms with Gasteiger partial charge in [0.1, 0.15) is 11.5 Å². The molecule has 0 amide bonds. The largest absolute Gasteiger partial charge is 0.507 e. The molecule has 2 aliphatic rings. The molecule has 1 fully saturated rings. The summed E-state index contributed by atoms with van der Waals surface area (Å²) in [7, 11) is 0. The first-order valence-corrected chi connectivity index (χ1v) is 10.6. The van der Waals surface area contributed by atoms with Gasteiger partial charge in [-0.2, -0.15) is 0 Å². The SMILES string of the molecule is CCCC1CCC(c2cc(N)c3c(c2O)C(=O)c2c(N)cc(C)c(O)c2C3=O)CC1. The van der Waals surface area contributed by atoms with Crippen molar-refractivity contribution < 1.29 is 19.8 Å². The van der Waals surface area contributed by atoms with E-state index >= 15 is 0 Å². The zero-order valence-corrected chi connectivity index (χ0v) is 17.4. The second-order valence-electron chi connectivity index (χ2n) is 8.70. The summed E-state index contributed by atoms with van der Waals surface area (Å²) in [4.78, 5) is 26.5. The van der Waals surface area contributed by atoms with Crippen molar-refractivity contribution in [2.45, 2.75) is 58.3 Å². The topological polar surface area (TPSA) is 127 Å². The van der Waals surface area contributed by atoms with Crippen LogP contribution in [0.5, 0.6) is 11.5 Å². The van der Waals surface area contributed by atoms with Gasteiger partial charge in [0.2, 0.25) is 11.6 Å². The maximum Gasteiger partial charge on any atom is 0.200 e. The fraction of sp³-hybridized carbons (Fsp3) is 0.417. The minimum Gasteiger partial charge on any atom is -0.507 e. The molecule has 6 nitrogen and oxygen atoms in total. The number of nitrogen functional groups attached to an aromatic ring is 2. The summed E-state index contributed by atoms with van der Waals surface area (Å²) >= 11 is 0. The quantitative estimate of drug-likeness (QED) is 0.375. The standard InChI is InChI=1S/C24H28N2O4/c1-3-4-12-5-7-13(8-6-12)14-10-16(26)18-20(22(14)28)24(30)17-15(25)9-11(2)21(27)19(17)23(18)29/h9-10,12-13,27-28H,3-8,25-26H2,1-2H3. The van der Waals surface area contributed by atoms with Gasteiger partial charge in [0.15, 0.2) is 0 Å². The second kappa shape index (κ2) is 7.35. The molecule has 0 aromatic heterocycles. The van der Waals surface area contributed by atoms with Crippen LogP contribution < -0.4 is 11.5 Å². The van der Waals surface area contributed by atoms with E-state index in [-0.39, 0.29) is 51.0 Å². The molecular formula is C24H28N2O4. The summed E-state index contributed by atoms with van der Waals surface area (Å²) in [5.41, 5.74) is 13.2. The number of phenolic OH excluding ortho intramolecular Hbond substituents is 2. The highest BCUT2D eigenvalue weighted by molar-refractivity contribution is 6.33. The molecule has 1 saturated carbocycles. The van der Waals surface area contributed by atoms with Crippen molar-refractivity contribution in [3.63, 3.8) is 0 Å². The van der Waals surface area contributed by atoms with E-state index in [0.717, 1.165) is 32.1 Å². The molecule has 0 unspecified atom stereocenters. The molecule has 158 valence electrons. The number of carbonyl (C=O) groups is 2. The molecule has 6 heteroatoms. The van der Waals surface area contributed by atoms with Crippen LogP contribution in [0, 0.1) is 12.8 Å². The van der Waals surface area contributed by atoms with Crippen molar-refractivity contribution in [3.8, 4) is 11.5 Å². The summed E-state index contributed by atoms with van der Waals surface area (Å²) in [5.74, 6) is -0.818. The van der Waals surface area contributed by atoms with Gasteiger partial charge < -0.3 is 21.7 Å². The van der Waals surface area contributed by atoms with E-state index in [9.17, 15) is 19.8 Å². The van der Waals surface area contributed by atoms with Gasteiger partial charge >= 0.3 is 0 Å². The van der Waals surface area contributed by atoms with Gasteiger partial charge in [0.25, 0.3) is 0 Å². The summed E-state index contributed by atoms with van der Waals surface area (Å²) in [6.45, 7) is 3.80. The smallest absolute Gasteiger partial charge is 0.200 e. The van der Waals surface area contributed by atoms with E-state index in [1.807, 2.05) is 0 Å². The van der Waals surface area contributed by atoms with E-state index in [4.69, 9.17) is 11.5 Å². The zero-order valence-electron chi connectivity index (χ0n) is 17.4. The number of aromatic hydroxyl groups is 2. The Labute approximate surface area is 175 Å². The summed E-state index contributed by atoms with van der Waals surface area (Å²) in [6.07, 6.45) is 6.34. The third kappa shape index (κ3) is 2.93. The number of ketones is 2. The molecule has 0 aliphatic heterocycles. The van der Waals surface area contributed by atoms with Crippen LogP contribution in [0.4, 0.5) is 11.4 Å². The van der Waals surface area contributed by atoms with E-state index < -0.39 is 11.6 Å². The Hall–Kier alpha value is -3.02. The molecule has 0 heterocycles. The van der Waals surface area contributed by atoms with Gasteiger partial charge in [-0.15, -0.1) is 0 Å². The van der Waals surface area contributed by atoms with Gasteiger partial charge in [-0.25, -0.2) is 0 Å². The van der Waals surface area contributed by atoms with Gasteiger partial charge in [-0.1, -0.05) is 19.8 Å². The van der Waals surface area contributed by atoms with Crippen molar-refractivity contribution in [1.29, 1.82) is 0 Å². The highest BCUT2D eigenvalue weighted by atomic mass is 16.3. The predicted molar refractivity (Wildman–Crippen MR) is 116 cm³/mol. The fourth-order valence-electron chi connectivity index (χ4n) is 5.21. The van der Waals surface area contributed by atoms with E-state index in [0.29, 0.717) is 17.0 Å². The molecule has 2 aromatic carbocycles. The molecule has 0 saturated heterocycles. The first-order chi connectivity index (χ1) is 14.3. The van der Waals surface area contributed by atoms with Crippen LogP contribution in [0.25, 0.3) is 0 Å². The molecule has 4 rings (SSSR count). The predicted octanol–water partition coefficient (Wildman–Crippen LogP) is 4.42. The van der Waals surface area contributed by atoms with Crippen LogP contribution in [0.15, 0.2) is 12.1 Å². The fourth-order valence-corrected chi connectivity index (χ4v) is 5.21. The van der Waals surface area contributed by atoms with Crippen LogP contribution in [-0.2, 0) is 0 Å². The molecule has 2 aromatic rings. The number of benzene rings is 2. The third-order valence-electron chi connectivity index (χ3n) is 6.77. The van der Waals surface area contributed by atoms with E-state index in [1.54, 1.807) is 13.0 Å². The van der Waals surface area contributed by atoms with Crippen LogP contribution in [0.3, 0.4) is 0 Å². The van der Waals surface area contributed by atoms with E-state index in [2.05, 4.69) is 6.92 Å². The third-order valence-corrected chi connectivity index (χ3v) is 6.77. The Balaban J connectivity index is 1.82. The number of fused-ring (bicyclic) bond motifs is 2. The minimum absolute atomic E-state index is 0.0475. The lowest BCUT2D eigenvalue weighted by molar-refractivity contribution is 0.0975. The number of carbonyl (C=O) groups excluding carboxylic acids is 2. The highest BCUT2D eigenvalue weighted by Gasteiger charge is 2.39. The molecule has 6 N–H and O–H groups in total. The van der Waals surface area contributed by atoms with Gasteiger partial charge in [-0.05, 0) is 67.7 Å². The average molecular weight is 408 g/mol. The summed E-state index contributed by atoms with van der Waals surface area (Å²) in [6, 6.07) is 3.09. The van der Waals surface area contributed by atoms with Crippen LogP contribution in [0.2, 0.25) is 0 Å². The van der Waals surface area contributed by atoms with Crippen molar-refractivity contribution in [2.24, 2.45) is 5.92 Å². The molecule has 0 atom stereocenters. The minimum atomic E-state index is -0.585. The maximum atomic E-state index is 13.3. The molecule has 2 aliphatic carbocycles. The van der Waals surface area contributed by atoms with Gasteiger partial charge in [0, 0.05) is 11.4 Å². The normalized spacial score (nSPS) is 20.7. The average Bonchev–Trinajstić information content (AvgIpc) is 2.71. The number of rotatable bonds is 3. The molecule has 0 spiro atoms. The van der Waals surface area contributed by atoms with E-state index in [1.165, 1.54) is 12.5 Å². The van der Waals surface area contributed by atoms with Crippen LogP contribution in [-0.4, -0.2) is 21.8 Å². The van der Waals surface area contributed by atoms with Gasteiger partial charge in [-0.3, -0.25) is 9.59 Å². The Bertz CT molecular complexity index is 1070. The van der Waals surface area contributed by atoms with Crippen molar-refractivity contribution >= 4 is 22.9 Å². The first-order valence-electron chi connectivity index (χ1n) is 10.6. The lowest BCUT2D eigenvalue weighted by Crippen LogP contribution is -2.25. The number of hydrogen-bond donors (Lipinski definition) is 4. The van der Waals surface area contributed by atoms with Gasteiger partial charge in [0.05, 0.1) is 22.3 Å². The highest BCUT2D eigenvalue weighted by Crippen LogP contribution is 2.47. The number of anilines is 2. The Kier molecular flexibility index (Phi) is 4.96. The Morgan fingerprint density at radius 2 is 1.40 bits per heavy atom. The summed E-state index contributed by atoms with van der Waals surface area (Å²) < 4.78 is 0. The number of aryl methyl sites for hydroxylation is 1. The molecule has 0 radical (unpaired) electrons. The number of phenols is 2. The monoisotopic (exact) mass is 408 g/mol. The number of nitrogens with two attached hydrogens (primary N) is 2. The van der Waals surface area contributed by atoms with Crippen molar-refractivity contribution in [1.82, 2.24) is 0 Å². The lowest BCUT2D eigenvalue weighted by atomic mass is 9.74. The maximum absolute atomic E-state index is 13.3. The van der Waals surface area contributed by atoms with Crippen LogP contribution >= 0.6 is 0 Å².